The number of nitrogens with zero attached hydrogens (tertiary/aromatic N) is 3. The number of hydrogen-bond acceptors (Lipinski definition) is 5. The zero-order valence-corrected chi connectivity index (χ0v) is 19.2. The highest BCUT2D eigenvalue weighted by molar-refractivity contribution is 6.42. The molecule has 0 aromatic heterocycles. The molecule has 176 valence electrons. The molecule has 2 fully saturated rings. The Morgan fingerprint density at radius 2 is 1.97 bits per heavy atom. The Morgan fingerprint density at radius 1 is 1.19 bits per heavy atom. The molecule has 32 heavy (non-hydrogen) atoms. The molecule has 2 saturated heterocycles. The molecule has 2 amide bonds. The van der Waals surface area contributed by atoms with Crippen LogP contribution in [-0.4, -0.2) is 101 Å². The van der Waals surface area contributed by atoms with Gasteiger partial charge in [-0.2, -0.15) is 0 Å². The lowest BCUT2D eigenvalue weighted by Gasteiger charge is -2.34. The number of aliphatic hydroxyl groups is 2. The van der Waals surface area contributed by atoms with Crippen molar-refractivity contribution in [3.8, 4) is 0 Å². The van der Waals surface area contributed by atoms with E-state index < -0.39 is 18.4 Å². The van der Waals surface area contributed by atoms with Gasteiger partial charge in [-0.05, 0) is 30.2 Å². The standard InChI is InChI=1S/C22H28Cl2FN3O4/c23-17-3-1-15(11-18(17)24)2-4-21(31)27-8-6-22(32)28(10-9-27)13-16(29)12-26-7-5-19(25)20(30)14-26/h1-4,11,16,19-20,29-30H,5-10,12-14H2/t16?,19-,20-/m0/s1. The van der Waals surface area contributed by atoms with E-state index in [4.69, 9.17) is 23.2 Å². The van der Waals surface area contributed by atoms with E-state index in [1.165, 1.54) is 6.08 Å². The Bertz CT molecular complexity index is 856. The van der Waals surface area contributed by atoms with Gasteiger partial charge in [0.2, 0.25) is 11.8 Å². The number of halogens is 3. The monoisotopic (exact) mass is 487 g/mol. The number of hydrogen-bond donors (Lipinski definition) is 2. The van der Waals surface area contributed by atoms with Gasteiger partial charge in [0, 0.05) is 58.3 Å². The van der Waals surface area contributed by atoms with Gasteiger partial charge in [-0.15, -0.1) is 0 Å². The molecule has 0 aliphatic carbocycles. The van der Waals surface area contributed by atoms with Crippen LogP contribution in [0.5, 0.6) is 0 Å². The SMILES string of the molecule is O=C(C=Cc1ccc(Cl)c(Cl)c1)N1CCC(=O)N(CC(O)CN2CC[C@H](F)[C@@H](O)C2)CC1. The van der Waals surface area contributed by atoms with Crippen LogP contribution in [0.4, 0.5) is 4.39 Å². The average Bonchev–Trinajstić information content (AvgIpc) is 2.93. The van der Waals surface area contributed by atoms with E-state index in [1.54, 1.807) is 39.0 Å². The predicted octanol–water partition coefficient (Wildman–Crippen LogP) is 1.83. The fourth-order valence-corrected chi connectivity index (χ4v) is 4.22. The van der Waals surface area contributed by atoms with Crippen LogP contribution < -0.4 is 0 Å². The molecule has 10 heteroatoms. The molecule has 2 heterocycles. The molecule has 2 aliphatic rings. The second kappa shape index (κ2) is 11.4. The first-order chi connectivity index (χ1) is 15.2. The number of carbonyl (C=O) groups excluding carboxylic acids is 2. The van der Waals surface area contributed by atoms with Crippen molar-refractivity contribution in [2.24, 2.45) is 0 Å². The molecule has 3 rings (SSSR count). The largest absolute Gasteiger partial charge is 0.390 e. The Balaban J connectivity index is 1.50. The quantitative estimate of drug-likeness (QED) is 0.598. The van der Waals surface area contributed by atoms with Crippen molar-refractivity contribution in [3.05, 3.63) is 39.9 Å². The number of alkyl halides is 1. The average molecular weight is 488 g/mol. The first-order valence-corrected chi connectivity index (χ1v) is 11.4. The molecule has 1 unspecified atom stereocenters. The highest BCUT2D eigenvalue weighted by Gasteiger charge is 2.30. The number of carbonyl (C=O) groups is 2. The number of β-amino-alcohol motifs (C(OH)–C–C–N with tert-alkyl or cyclic N) is 2. The molecule has 2 aliphatic heterocycles. The topological polar surface area (TPSA) is 84.3 Å². The van der Waals surface area contributed by atoms with Crippen LogP contribution >= 0.6 is 23.2 Å². The van der Waals surface area contributed by atoms with E-state index in [9.17, 15) is 24.2 Å². The number of benzene rings is 1. The van der Waals surface area contributed by atoms with E-state index in [1.807, 2.05) is 0 Å². The molecule has 1 aromatic carbocycles. The minimum atomic E-state index is -1.23. The number of rotatable bonds is 6. The second-order valence-electron chi connectivity index (χ2n) is 8.21. The molecule has 0 saturated carbocycles. The first kappa shape index (κ1) is 24.9. The highest BCUT2D eigenvalue weighted by Crippen LogP contribution is 2.23. The summed E-state index contributed by atoms with van der Waals surface area (Å²) in [6.45, 7) is 1.98. The van der Waals surface area contributed by atoms with E-state index in [0.29, 0.717) is 36.2 Å². The smallest absolute Gasteiger partial charge is 0.246 e. The van der Waals surface area contributed by atoms with E-state index >= 15 is 0 Å². The van der Waals surface area contributed by atoms with Crippen LogP contribution in [0.15, 0.2) is 24.3 Å². The number of likely N-dealkylation sites (tertiary alicyclic amines) is 1. The van der Waals surface area contributed by atoms with Crippen LogP contribution in [0.3, 0.4) is 0 Å². The molecule has 1 aromatic rings. The molecule has 3 atom stereocenters. The lowest BCUT2D eigenvalue weighted by Crippen LogP contribution is -2.49. The van der Waals surface area contributed by atoms with Gasteiger partial charge in [0.25, 0.3) is 0 Å². The number of amides is 2. The van der Waals surface area contributed by atoms with Crippen molar-refractivity contribution in [2.45, 2.75) is 31.2 Å². The summed E-state index contributed by atoms with van der Waals surface area (Å²) in [5.74, 6) is -0.343. The summed E-state index contributed by atoms with van der Waals surface area (Å²) in [7, 11) is 0. The van der Waals surface area contributed by atoms with Crippen molar-refractivity contribution in [3.63, 3.8) is 0 Å². The third-order valence-corrected chi connectivity index (χ3v) is 6.48. The van der Waals surface area contributed by atoms with E-state index in [0.717, 1.165) is 5.56 Å². The van der Waals surface area contributed by atoms with Crippen LogP contribution in [0.1, 0.15) is 18.4 Å². The fourth-order valence-electron chi connectivity index (χ4n) is 3.91. The van der Waals surface area contributed by atoms with Crippen molar-refractivity contribution >= 4 is 41.1 Å². The summed E-state index contributed by atoms with van der Waals surface area (Å²) in [6, 6.07) is 5.07. The van der Waals surface area contributed by atoms with Crippen molar-refractivity contribution < 1.29 is 24.2 Å². The van der Waals surface area contributed by atoms with Crippen molar-refractivity contribution in [1.82, 2.24) is 14.7 Å². The molecular formula is C22H28Cl2FN3O4. The summed E-state index contributed by atoms with van der Waals surface area (Å²) in [5.41, 5.74) is 0.741. The minimum absolute atomic E-state index is 0.129. The van der Waals surface area contributed by atoms with Crippen molar-refractivity contribution in [2.75, 3.05) is 45.8 Å². The third-order valence-electron chi connectivity index (χ3n) is 5.75. The van der Waals surface area contributed by atoms with Gasteiger partial charge in [0.1, 0.15) is 6.17 Å². The number of piperidine rings is 1. The van der Waals surface area contributed by atoms with Crippen LogP contribution in [-0.2, 0) is 9.59 Å². The van der Waals surface area contributed by atoms with E-state index in [-0.39, 0.29) is 44.3 Å². The van der Waals surface area contributed by atoms with E-state index in [2.05, 4.69) is 0 Å². The second-order valence-corrected chi connectivity index (χ2v) is 9.02. The number of aliphatic hydroxyl groups excluding tert-OH is 2. The molecule has 2 N–H and O–H groups in total. The lowest BCUT2D eigenvalue weighted by molar-refractivity contribution is -0.132. The van der Waals surface area contributed by atoms with Crippen LogP contribution in [0.25, 0.3) is 6.08 Å². The van der Waals surface area contributed by atoms with Gasteiger partial charge >= 0.3 is 0 Å². The summed E-state index contributed by atoms with van der Waals surface area (Å²) in [6.07, 6.45) is 0.382. The van der Waals surface area contributed by atoms with Crippen LogP contribution in [0.2, 0.25) is 10.0 Å². The van der Waals surface area contributed by atoms with Gasteiger partial charge < -0.3 is 20.0 Å². The minimum Gasteiger partial charge on any atom is -0.390 e. The summed E-state index contributed by atoms with van der Waals surface area (Å²) in [5, 5.41) is 20.9. The maximum absolute atomic E-state index is 13.4. The zero-order valence-electron chi connectivity index (χ0n) is 17.7. The Hall–Kier alpha value is -1.71. The van der Waals surface area contributed by atoms with Crippen LogP contribution in [0, 0.1) is 0 Å². The van der Waals surface area contributed by atoms with Gasteiger partial charge in [0.05, 0.1) is 22.3 Å². The Morgan fingerprint density at radius 3 is 2.69 bits per heavy atom. The summed E-state index contributed by atoms with van der Waals surface area (Å²) < 4.78 is 13.4. The zero-order chi connectivity index (χ0) is 23.3. The maximum Gasteiger partial charge on any atom is 0.246 e. The molecular weight excluding hydrogens is 460 g/mol. The Kier molecular flexibility index (Phi) is 8.90. The Labute approximate surface area is 197 Å². The molecule has 0 bridgehead atoms. The maximum atomic E-state index is 13.4. The molecule has 0 spiro atoms. The predicted molar refractivity (Wildman–Crippen MR) is 121 cm³/mol. The lowest BCUT2D eigenvalue weighted by atomic mass is 10.1. The summed E-state index contributed by atoms with van der Waals surface area (Å²) >= 11 is 11.9. The summed E-state index contributed by atoms with van der Waals surface area (Å²) in [4.78, 5) is 30.0. The molecule has 0 radical (unpaired) electrons. The van der Waals surface area contributed by atoms with Gasteiger partial charge in [-0.25, -0.2) is 4.39 Å². The van der Waals surface area contributed by atoms with Gasteiger partial charge in [0.15, 0.2) is 0 Å². The van der Waals surface area contributed by atoms with Crippen molar-refractivity contribution in [1.29, 1.82) is 0 Å². The fraction of sp³-hybridized carbons (Fsp3) is 0.545. The normalized spacial score (nSPS) is 24.1. The highest BCUT2D eigenvalue weighted by atomic mass is 35.5. The third kappa shape index (κ3) is 6.89. The first-order valence-electron chi connectivity index (χ1n) is 10.7. The van der Waals surface area contributed by atoms with Gasteiger partial charge in [-0.1, -0.05) is 29.3 Å². The van der Waals surface area contributed by atoms with Gasteiger partial charge in [-0.3, -0.25) is 14.5 Å². The molecule has 7 nitrogen and oxygen atoms in total.